The van der Waals surface area contributed by atoms with Crippen molar-refractivity contribution in [2.75, 3.05) is 49.9 Å². The fourth-order valence-electron chi connectivity index (χ4n) is 3.35. The molecule has 162 valence electrons. The molecule has 1 amide bonds. The molecular weight excluding hydrogens is 473 g/mol. The average molecular weight is 498 g/mol. The summed E-state index contributed by atoms with van der Waals surface area (Å²) in [5.41, 5.74) is 0.623. The minimum absolute atomic E-state index is 0.0700. The number of hydrogen-bond donors (Lipinski definition) is 1. The van der Waals surface area contributed by atoms with Gasteiger partial charge in [0.15, 0.2) is 9.84 Å². The lowest BCUT2D eigenvalue weighted by atomic mass is 10.2. The number of hydrogen-bond acceptors (Lipinski definition) is 5. The Kier molecular flexibility index (Phi) is 7.85. The van der Waals surface area contributed by atoms with Gasteiger partial charge in [0, 0.05) is 50.2 Å². The van der Waals surface area contributed by atoms with Crippen molar-refractivity contribution >= 4 is 37.4 Å². The van der Waals surface area contributed by atoms with Gasteiger partial charge < -0.3 is 10.2 Å². The highest BCUT2D eigenvalue weighted by atomic mass is 79.9. The van der Waals surface area contributed by atoms with Gasteiger partial charge in [-0.15, -0.1) is 0 Å². The van der Waals surface area contributed by atoms with Crippen LogP contribution >= 0.6 is 15.9 Å². The van der Waals surface area contributed by atoms with Crippen LogP contribution in [0.15, 0.2) is 57.9 Å². The molecule has 3 rings (SSSR count). The standard InChI is InChI=1S/C21H25BrFN3O3S/c22-17-5-7-18(8-6-17)30(28,29)16-9-21(27)24-10-11-25-12-14-26(15-13-25)20-4-2-1-3-19(20)23/h1-8H,9-16H2,(H,24,27). The third-order valence-electron chi connectivity index (χ3n) is 5.09. The molecule has 1 fully saturated rings. The second-order valence-electron chi connectivity index (χ2n) is 7.15. The molecule has 0 bridgehead atoms. The number of amides is 1. The quantitative estimate of drug-likeness (QED) is 0.607. The van der Waals surface area contributed by atoms with Crippen LogP contribution in [-0.2, 0) is 14.6 Å². The first-order valence-corrected chi connectivity index (χ1v) is 12.3. The Balaban J connectivity index is 1.36. The van der Waals surface area contributed by atoms with E-state index in [9.17, 15) is 17.6 Å². The van der Waals surface area contributed by atoms with Crippen molar-refractivity contribution in [3.8, 4) is 0 Å². The number of piperazine rings is 1. The first-order valence-electron chi connectivity index (χ1n) is 9.82. The van der Waals surface area contributed by atoms with E-state index in [4.69, 9.17) is 0 Å². The van der Waals surface area contributed by atoms with Gasteiger partial charge in [0.25, 0.3) is 0 Å². The highest BCUT2D eigenvalue weighted by Crippen LogP contribution is 2.20. The van der Waals surface area contributed by atoms with Gasteiger partial charge in [-0.3, -0.25) is 9.69 Å². The lowest BCUT2D eigenvalue weighted by Gasteiger charge is -2.36. The van der Waals surface area contributed by atoms with E-state index in [1.54, 1.807) is 24.3 Å². The molecule has 0 radical (unpaired) electrons. The van der Waals surface area contributed by atoms with Crippen LogP contribution in [-0.4, -0.2) is 64.2 Å². The van der Waals surface area contributed by atoms with Crippen molar-refractivity contribution in [3.63, 3.8) is 0 Å². The van der Waals surface area contributed by atoms with Crippen molar-refractivity contribution in [2.24, 2.45) is 0 Å². The summed E-state index contributed by atoms with van der Waals surface area (Å²) >= 11 is 3.27. The predicted octanol–water partition coefficient (Wildman–Crippen LogP) is 2.69. The summed E-state index contributed by atoms with van der Waals surface area (Å²) in [5.74, 6) is -0.709. The fourth-order valence-corrected chi connectivity index (χ4v) is 4.85. The zero-order valence-electron chi connectivity index (χ0n) is 16.6. The summed E-state index contributed by atoms with van der Waals surface area (Å²) in [6, 6.07) is 13.1. The van der Waals surface area contributed by atoms with Crippen molar-refractivity contribution < 1.29 is 17.6 Å². The zero-order valence-corrected chi connectivity index (χ0v) is 19.0. The van der Waals surface area contributed by atoms with Crippen LogP contribution in [0.4, 0.5) is 10.1 Å². The highest BCUT2D eigenvalue weighted by molar-refractivity contribution is 9.10. The van der Waals surface area contributed by atoms with E-state index < -0.39 is 9.84 Å². The van der Waals surface area contributed by atoms with E-state index >= 15 is 0 Å². The van der Waals surface area contributed by atoms with E-state index in [-0.39, 0.29) is 28.8 Å². The number of benzene rings is 2. The molecule has 0 aromatic heterocycles. The molecule has 0 spiro atoms. The minimum atomic E-state index is -3.48. The molecule has 2 aromatic carbocycles. The van der Waals surface area contributed by atoms with Gasteiger partial charge in [-0.1, -0.05) is 28.1 Å². The maximum absolute atomic E-state index is 13.9. The number of para-hydroxylation sites is 1. The number of halogens is 2. The Morgan fingerprint density at radius 3 is 2.37 bits per heavy atom. The summed E-state index contributed by atoms with van der Waals surface area (Å²) in [6.45, 7) is 4.14. The van der Waals surface area contributed by atoms with Crippen LogP contribution in [0.2, 0.25) is 0 Å². The van der Waals surface area contributed by atoms with E-state index in [1.807, 2.05) is 11.0 Å². The summed E-state index contributed by atoms with van der Waals surface area (Å²) < 4.78 is 39.3. The first-order chi connectivity index (χ1) is 14.3. The summed E-state index contributed by atoms with van der Waals surface area (Å²) in [5, 5.41) is 2.79. The molecular formula is C21H25BrFN3O3S. The second-order valence-corrected chi connectivity index (χ2v) is 10.2. The van der Waals surface area contributed by atoms with Crippen molar-refractivity contribution in [2.45, 2.75) is 11.3 Å². The third kappa shape index (κ3) is 6.26. The molecule has 1 N–H and O–H groups in total. The number of rotatable bonds is 8. The van der Waals surface area contributed by atoms with Gasteiger partial charge in [-0.25, -0.2) is 12.8 Å². The van der Waals surface area contributed by atoms with Crippen molar-refractivity contribution in [1.29, 1.82) is 0 Å². The summed E-state index contributed by atoms with van der Waals surface area (Å²) in [4.78, 5) is 16.5. The second kappa shape index (κ2) is 10.4. The van der Waals surface area contributed by atoms with E-state index in [0.29, 0.717) is 18.8 Å². The molecule has 6 nitrogen and oxygen atoms in total. The Morgan fingerprint density at radius 2 is 1.70 bits per heavy atom. The Morgan fingerprint density at radius 1 is 1.03 bits per heavy atom. The predicted molar refractivity (Wildman–Crippen MR) is 119 cm³/mol. The normalized spacial score (nSPS) is 15.2. The van der Waals surface area contributed by atoms with Crippen LogP contribution in [0.5, 0.6) is 0 Å². The molecule has 0 aliphatic carbocycles. The van der Waals surface area contributed by atoms with Gasteiger partial charge in [0.1, 0.15) is 5.82 Å². The molecule has 1 aliphatic heterocycles. The number of carbonyl (C=O) groups excluding carboxylic acids is 1. The fraction of sp³-hybridized carbons (Fsp3) is 0.381. The first kappa shape index (κ1) is 22.7. The van der Waals surface area contributed by atoms with E-state index in [0.717, 1.165) is 30.7 Å². The maximum atomic E-state index is 13.9. The van der Waals surface area contributed by atoms with Crippen LogP contribution in [0, 0.1) is 5.82 Å². The smallest absolute Gasteiger partial charge is 0.221 e. The topological polar surface area (TPSA) is 69.7 Å². The molecule has 9 heteroatoms. The lowest BCUT2D eigenvalue weighted by Crippen LogP contribution is -2.48. The van der Waals surface area contributed by atoms with E-state index in [2.05, 4.69) is 26.1 Å². The lowest BCUT2D eigenvalue weighted by molar-refractivity contribution is -0.120. The van der Waals surface area contributed by atoms with Gasteiger partial charge >= 0.3 is 0 Å². The zero-order chi connectivity index (χ0) is 21.6. The number of anilines is 1. The van der Waals surface area contributed by atoms with E-state index in [1.165, 1.54) is 18.2 Å². The molecule has 30 heavy (non-hydrogen) atoms. The maximum Gasteiger partial charge on any atom is 0.221 e. The number of sulfone groups is 1. The molecule has 1 saturated heterocycles. The van der Waals surface area contributed by atoms with Crippen molar-refractivity contribution in [1.82, 2.24) is 10.2 Å². The van der Waals surface area contributed by atoms with Gasteiger partial charge in [-0.05, 0) is 36.4 Å². The monoisotopic (exact) mass is 497 g/mol. The molecule has 0 atom stereocenters. The van der Waals surface area contributed by atoms with Crippen LogP contribution < -0.4 is 10.2 Å². The third-order valence-corrected chi connectivity index (χ3v) is 7.35. The molecule has 1 aliphatic rings. The molecule has 0 saturated carbocycles. The Hall–Kier alpha value is -1.97. The molecule has 0 unspecified atom stereocenters. The number of nitrogens with one attached hydrogen (secondary N) is 1. The number of carbonyl (C=O) groups is 1. The average Bonchev–Trinajstić information content (AvgIpc) is 2.74. The van der Waals surface area contributed by atoms with Crippen LogP contribution in [0.3, 0.4) is 0 Å². The van der Waals surface area contributed by atoms with Gasteiger partial charge in [0.05, 0.1) is 16.3 Å². The van der Waals surface area contributed by atoms with Crippen molar-refractivity contribution in [3.05, 3.63) is 58.8 Å². The highest BCUT2D eigenvalue weighted by Gasteiger charge is 2.20. The largest absolute Gasteiger partial charge is 0.367 e. The molecule has 2 aromatic rings. The summed E-state index contributed by atoms with van der Waals surface area (Å²) in [7, 11) is -3.48. The Bertz CT molecular complexity index is 962. The SMILES string of the molecule is O=C(CCS(=O)(=O)c1ccc(Br)cc1)NCCN1CCN(c2ccccc2F)CC1. The van der Waals surface area contributed by atoms with Gasteiger partial charge in [-0.2, -0.15) is 0 Å². The van der Waals surface area contributed by atoms with Crippen LogP contribution in [0.1, 0.15) is 6.42 Å². The van der Waals surface area contributed by atoms with Crippen LogP contribution in [0.25, 0.3) is 0 Å². The molecule has 1 heterocycles. The number of nitrogens with zero attached hydrogens (tertiary/aromatic N) is 2. The van der Waals surface area contributed by atoms with Gasteiger partial charge in [0.2, 0.25) is 5.91 Å². The minimum Gasteiger partial charge on any atom is -0.367 e. The summed E-state index contributed by atoms with van der Waals surface area (Å²) in [6.07, 6.45) is -0.0700. The Labute approximate surface area is 185 Å².